The number of amides is 1. The minimum atomic E-state index is -1.21. The van der Waals surface area contributed by atoms with Gasteiger partial charge in [0, 0.05) is 5.38 Å². The summed E-state index contributed by atoms with van der Waals surface area (Å²) in [4.78, 5) is 23.0. The highest BCUT2D eigenvalue weighted by atomic mass is 32.1. The number of hydrogen-bond acceptors (Lipinski definition) is 4. The van der Waals surface area contributed by atoms with Crippen LogP contribution < -0.4 is 5.32 Å². The number of carbonyl (C=O) groups is 2. The number of nitrogens with one attached hydrogen (secondary N) is 1. The quantitative estimate of drug-likeness (QED) is 0.753. The number of thiophene rings is 1. The van der Waals surface area contributed by atoms with Gasteiger partial charge in [0.1, 0.15) is 5.75 Å². The minimum absolute atomic E-state index is 0.152. The van der Waals surface area contributed by atoms with Gasteiger partial charge in [-0.1, -0.05) is 0 Å². The zero-order chi connectivity index (χ0) is 14.0. The van der Waals surface area contributed by atoms with E-state index in [-0.39, 0.29) is 22.9 Å². The zero-order valence-electron chi connectivity index (χ0n) is 10.0. The Labute approximate surface area is 113 Å². The monoisotopic (exact) mass is 277 g/mol. The fourth-order valence-electron chi connectivity index (χ4n) is 1.60. The van der Waals surface area contributed by atoms with Crippen LogP contribution in [0.2, 0.25) is 0 Å². The third kappa shape index (κ3) is 2.74. The van der Waals surface area contributed by atoms with Gasteiger partial charge >= 0.3 is 5.97 Å². The Bertz CT molecular complexity index is 648. The average Bonchev–Trinajstić information content (AvgIpc) is 2.77. The number of aryl methyl sites for hydroxylation is 1. The second-order valence-corrected chi connectivity index (χ2v) is 4.70. The topological polar surface area (TPSA) is 86.6 Å². The van der Waals surface area contributed by atoms with Gasteiger partial charge in [-0.3, -0.25) is 4.79 Å². The molecule has 0 saturated heterocycles. The number of phenols is 1. The van der Waals surface area contributed by atoms with E-state index in [0.29, 0.717) is 5.56 Å². The molecule has 0 aliphatic heterocycles. The summed E-state index contributed by atoms with van der Waals surface area (Å²) >= 11 is 1.40. The van der Waals surface area contributed by atoms with Crippen molar-refractivity contribution in [2.24, 2.45) is 0 Å². The molecule has 0 spiro atoms. The van der Waals surface area contributed by atoms with Crippen LogP contribution in [-0.4, -0.2) is 22.1 Å². The second kappa shape index (κ2) is 5.11. The first kappa shape index (κ1) is 13.1. The van der Waals surface area contributed by atoms with Crippen molar-refractivity contribution in [3.05, 3.63) is 45.6 Å². The van der Waals surface area contributed by atoms with E-state index in [0.717, 1.165) is 11.6 Å². The summed E-state index contributed by atoms with van der Waals surface area (Å²) in [6.07, 6.45) is 0. The number of aromatic hydroxyl groups is 1. The van der Waals surface area contributed by atoms with E-state index in [2.05, 4.69) is 5.32 Å². The summed E-state index contributed by atoms with van der Waals surface area (Å²) < 4.78 is 0. The van der Waals surface area contributed by atoms with Gasteiger partial charge in [-0.2, -0.15) is 11.3 Å². The number of rotatable bonds is 3. The number of phenolic OH excluding ortho intramolecular Hbond substituents is 1. The van der Waals surface area contributed by atoms with E-state index in [4.69, 9.17) is 5.11 Å². The van der Waals surface area contributed by atoms with Crippen LogP contribution in [0.4, 0.5) is 5.69 Å². The molecule has 1 aromatic carbocycles. The van der Waals surface area contributed by atoms with Crippen LogP contribution in [0.25, 0.3) is 0 Å². The lowest BCUT2D eigenvalue weighted by Gasteiger charge is -2.08. The fourth-order valence-corrected chi connectivity index (χ4v) is 2.43. The lowest BCUT2D eigenvalue weighted by molar-refractivity contribution is 0.0697. The van der Waals surface area contributed by atoms with Crippen LogP contribution in [0, 0.1) is 6.92 Å². The first-order valence-corrected chi connectivity index (χ1v) is 6.34. The Morgan fingerprint density at radius 1 is 1.21 bits per heavy atom. The predicted octanol–water partition coefficient (Wildman–Crippen LogP) is 2.71. The normalized spacial score (nSPS) is 10.2. The smallest absolute Gasteiger partial charge is 0.337 e. The van der Waals surface area contributed by atoms with E-state index in [1.165, 1.54) is 23.5 Å². The largest absolute Gasteiger partial charge is 0.508 e. The van der Waals surface area contributed by atoms with Crippen LogP contribution in [0.15, 0.2) is 29.0 Å². The number of carboxylic acids is 1. The van der Waals surface area contributed by atoms with Crippen LogP contribution in [0.5, 0.6) is 5.75 Å². The van der Waals surface area contributed by atoms with E-state index in [1.54, 1.807) is 12.3 Å². The first-order chi connectivity index (χ1) is 8.99. The molecule has 5 nitrogen and oxygen atoms in total. The molecular formula is C13H11NO4S. The maximum atomic E-state index is 12.0. The van der Waals surface area contributed by atoms with Crippen molar-refractivity contribution in [2.75, 3.05) is 5.32 Å². The molecule has 2 rings (SSSR count). The maximum absolute atomic E-state index is 12.0. The molecule has 1 amide bonds. The van der Waals surface area contributed by atoms with Gasteiger partial charge in [0.15, 0.2) is 0 Å². The number of anilines is 1. The van der Waals surface area contributed by atoms with Crippen molar-refractivity contribution < 1.29 is 19.8 Å². The van der Waals surface area contributed by atoms with Crippen molar-refractivity contribution >= 4 is 28.9 Å². The van der Waals surface area contributed by atoms with Gasteiger partial charge in [0.05, 0.1) is 16.8 Å². The average molecular weight is 277 g/mol. The number of carboxylic acid groups (broad SMARTS) is 1. The summed E-state index contributed by atoms with van der Waals surface area (Å²) in [7, 11) is 0. The molecule has 0 aliphatic rings. The molecular weight excluding hydrogens is 266 g/mol. The molecule has 0 saturated carbocycles. The van der Waals surface area contributed by atoms with E-state index in [1.807, 2.05) is 5.38 Å². The number of aromatic carboxylic acids is 1. The summed E-state index contributed by atoms with van der Waals surface area (Å²) in [5.74, 6) is -1.75. The Kier molecular flexibility index (Phi) is 3.52. The maximum Gasteiger partial charge on any atom is 0.337 e. The van der Waals surface area contributed by atoms with Gasteiger partial charge < -0.3 is 15.5 Å². The Morgan fingerprint density at radius 2 is 1.95 bits per heavy atom. The summed E-state index contributed by atoms with van der Waals surface area (Å²) in [5, 5.41) is 24.4. The third-order valence-electron chi connectivity index (χ3n) is 2.58. The molecule has 0 radical (unpaired) electrons. The summed E-state index contributed by atoms with van der Waals surface area (Å²) in [6, 6.07) is 3.78. The number of benzene rings is 1. The van der Waals surface area contributed by atoms with Gasteiger partial charge in [-0.25, -0.2) is 4.79 Å². The van der Waals surface area contributed by atoms with Gasteiger partial charge in [0.2, 0.25) is 0 Å². The molecule has 3 N–H and O–H groups in total. The summed E-state index contributed by atoms with van der Waals surface area (Å²) in [5.41, 5.74) is 1.34. The molecule has 19 heavy (non-hydrogen) atoms. The van der Waals surface area contributed by atoms with Crippen LogP contribution >= 0.6 is 11.3 Å². The van der Waals surface area contributed by atoms with Crippen molar-refractivity contribution in [1.29, 1.82) is 0 Å². The van der Waals surface area contributed by atoms with Crippen LogP contribution in [0.1, 0.15) is 26.3 Å². The standard InChI is InChI=1S/C13H11NO4S/c1-7-5-19-6-10(7)12(16)14-11-3-2-8(15)4-9(11)13(17)18/h2-6,15H,1H3,(H,14,16)(H,17,18). The lowest BCUT2D eigenvalue weighted by Crippen LogP contribution is -2.14. The van der Waals surface area contributed by atoms with Crippen molar-refractivity contribution in [2.45, 2.75) is 6.92 Å². The van der Waals surface area contributed by atoms with Crippen molar-refractivity contribution in [1.82, 2.24) is 0 Å². The highest BCUT2D eigenvalue weighted by Gasteiger charge is 2.15. The minimum Gasteiger partial charge on any atom is -0.508 e. The molecule has 0 aliphatic carbocycles. The second-order valence-electron chi connectivity index (χ2n) is 3.96. The molecule has 2 aromatic rings. The summed E-state index contributed by atoms with van der Waals surface area (Å²) in [6.45, 7) is 1.81. The number of carbonyl (C=O) groups excluding carboxylic acids is 1. The Balaban J connectivity index is 2.32. The Morgan fingerprint density at radius 3 is 2.53 bits per heavy atom. The fraction of sp³-hybridized carbons (Fsp3) is 0.0769. The SMILES string of the molecule is Cc1cscc1C(=O)Nc1ccc(O)cc1C(=O)O. The van der Waals surface area contributed by atoms with Gasteiger partial charge in [-0.15, -0.1) is 0 Å². The zero-order valence-corrected chi connectivity index (χ0v) is 10.8. The molecule has 98 valence electrons. The lowest BCUT2D eigenvalue weighted by atomic mass is 10.1. The third-order valence-corrected chi connectivity index (χ3v) is 3.44. The van der Waals surface area contributed by atoms with Crippen molar-refractivity contribution in [3.8, 4) is 5.75 Å². The number of hydrogen-bond donors (Lipinski definition) is 3. The molecule has 0 fully saturated rings. The van der Waals surface area contributed by atoms with Gasteiger partial charge in [0.25, 0.3) is 5.91 Å². The highest BCUT2D eigenvalue weighted by molar-refractivity contribution is 7.08. The van der Waals surface area contributed by atoms with E-state index >= 15 is 0 Å². The highest BCUT2D eigenvalue weighted by Crippen LogP contribution is 2.23. The van der Waals surface area contributed by atoms with Crippen LogP contribution in [-0.2, 0) is 0 Å². The molecule has 6 heteroatoms. The first-order valence-electron chi connectivity index (χ1n) is 5.39. The van der Waals surface area contributed by atoms with E-state index in [9.17, 15) is 14.7 Å². The molecule has 1 heterocycles. The molecule has 0 unspecified atom stereocenters. The van der Waals surface area contributed by atoms with Gasteiger partial charge in [-0.05, 0) is 36.1 Å². The molecule has 1 aromatic heterocycles. The Hall–Kier alpha value is -2.34. The van der Waals surface area contributed by atoms with Crippen LogP contribution in [0.3, 0.4) is 0 Å². The predicted molar refractivity (Wildman–Crippen MR) is 72.1 cm³/mol. The van der Waals surface area contributed by atoms with Crippen molar-refractivity contribution in [3.63, 3.8) is 0 Å². The molecule has 0 bridgehead atoms. The molecule has 0 atom stereocenters. The van der Waals surface area contributed by atoms with E-state index < -0.39 is 5.97 Å².